The fourth-order valence-electron chi connectivity index (χ4n) is 4.92. The van der Waals surface area contributed by atoms with E-state index in [2.05, 4.69) is 9.97 Å². The maximum absolute atomic E-state index is 13.8. The zero-order valence-corrected chi connectivity index (χ0v) is 20.2. The average Bonchev–Trinajstić information content (AvgIpc) is 3.52. The van der Waals surface area contributed by atoms with Gasteiger partial charge >= 0.3 is 6.18 Å². The summed E-state index contributed by atoms with van der Waals surface area (Å²) in [6.07, 6.45) is -2.23. The number of alkyl halides is 3. The molecule has 4 aromatic rings. The number of benzene rings is 2. The van der Waals surface area contributed by atoms with Crippen LogP contribution in [0, 0.1) is 0 Å². The van der Waals surface area contributed by atoms with Gasteiger partial charge < -0.3 is 14.0 Å². The lowest BCUT2D eigenvalue weighted by Crippen LogP contribution is -2.39. The Balaban J connectivity index is 1.33. The van der Waals surface area contributed by atoms with Gasteiger partial charge in [-0.25, -0.2) is 18.4 Å². The summed E-state index contributed by atoms with van der Waals surface area (Å²) in [5.41, 5.74) is 0.120. The van der Waals surface area contributed by atoms with Gasteiger partial charge in [0.05, 0.1) is 10.5 Å². The van der Waals surface area contributed by atoms with Gasteiger partial charge in [0.2, 0.25) is 16.8 Å². The predicted octanol–water partition coefficient (Wildman–Crippen LogP) is 4.87. The van der Waals surface area contributed by atoms with Gasteiger partial charge in [-0.3, -0.25) is 0 Å². The molecular formula is C25H21F3N4O4S. The molecule has 0 unspecified atom stereocenters. The monoisotopic (exact) mass is 530 g/mol. The van der Waals surface area contributed by atoms with Gasteiger partial charge in [0.15, 0.2) is 17.1 Å². The Morgan fingerprint density at radius 3 is 2.49 bits per heavy atom. The molecule has 8 nitrogen and oxygen atoms in total. The minimum Gasteiger partial charge on any atom is -0.454 e. The molecular weight excluding hydrogens is 509 g/mol. The van der Waals surface area contributed by atoms with E-state index in [-0.39, 0.29) is 42.2 Å². The molecule has 0 atom stereocenters. The lowest BCUT2D eigenvalue weighted by molar-refractivity contribution is -0.137. The highest BCUT2D eigenvalue weighted by Gasteiger charge is 2.37. The van der Waals surface area contributed by atoms with Crippen LogP contribution in [0.25, 0.3) is 22.6 Å². The molecule has 1 saturated heterocycles. The standard InChI is InChI=1S/C25H21F3N4O4S/c26-25(27,28)19-5-2-1-4-18(19)23-30-20-6-3-11-29-24(20)32(23)16-9-12-31(13-10-16)37(33,34)17-7-8-21-22(14-17)36-15-35-21/h1-8,11,14,16H,9-10,12-13,15H2. The third-order valence-corrected chi connectivity index (χ3v) is 8.59. The van der Waals surface area contributed by atoms with Crippen LogP contribution in [0.15, 0.2) is 65.7 Å². The summed E-state index contributed by atoms with van der Waals surface area (Å²) in [6, 6.07) is 12.9. The van der Waals surface area contributed by atoms with Gasteiger partial charge in [0.1, 0.15) is 11.3 Å². The smallest absolute Gasteiger partial charge is 0.417 e. The summed E-state index contributed by atoms with van der Waals surface area (Å²) < 4.78 is 81.9. The van der Waals surface area contributed by atoms with Crippen molar-refractivity contribution in [2.45, 2.75) is 30.0 Å². The highest BCUT2D eigenvalue weighted by atomic mass is 32.2. The summed E-state index contributed by atoms with van der Waals surface area (Å²) in [5, 5.41) is 0. The van der Waals surface area contributed by atoms with Crippen LogP contribution < -0.4 is 9.47 Å². The fraction of sp³-hybridized carbons (Fsp3) is 0.280. The quantitative estimate of drug-likeness (QED) is 0.374. The molecule has 0 saturated carbocycles. The van der Waals surface area contributed by atoms with Gasteiger partial charge in [0.25, 0.3) is 0 Å². The molecule has 2 aliphatic rings. The van der Waals surface area contributed by atoms with E-state index in [1.165, 1.54) is 28.6 Å². The number of imidazole rings is 1. The number of pyridine rings is 1. The molecule has 2 aromatic carbocycles. The number of fused-ring (bicyclic) bond motifs is 2. The second-order valence-electron chi connectivity index (χ2n) is 8.85. The highest BCUT2D eigenvalue weighted by Crippen LogP contribution is 2.40. The maximum Gasteiger partial charge on any atom is 0.417 e. The summed E-state index contributed by atoms with van der Waals surface area (Å²) in [4.78, 5) is 9.03. The van der Waals surface area contributed by atoms with Gasteiger partial charge in [-0.2, -0.15) is 17.5 Å². The van der Waals surface area contributed by atoms with Crippen molar-refractivity contribution in [3.8, 4) is 22.9 Å². The summed E-state index contributed by atoms with van der Waals surface area (Å²) >= 11 is 0. The molecule has 0 spiro atoms. The van der Waals surface area contributed by atoms with Gasteiger partial charge in [-0.15, -0.1) is 0 Å². The predicted molar refractivity (Wildman–Crippen MR) is 128 cm³/mol. The fourth-order valence-corrected chi connectivity index (χ4v) is 6.40. The van der Waals surface area contributed by atoms with Crippen molar-refractivity contribution >= 4 is 21.2 Å². The minimum absolute atomic E-state index is 0.0385. The van der Waals surface area contributed by atoms with E-state index in [0.29, 0.717) is 35.5 Å². The molecule has 6 rings (SSSR count). The SMILES string of the molecule is O=S(=O)(c1ccc2c(c1)OCO2)N1CCC(n2c(-c3ccccc3C(F)(F)F)nc3cccnc32)CC1. The second-order valence-corrected chi connectivity index (χ2v) is 10.8. The third-order valence-electron chi connectivity index (χ3n) is 6.69. The average molecular weight is 531 g/mol. The second kappa shape index (κ2) is 8.73. The first-order valence-corrected chi connectivity index (χ1v) is 13.1. The number of nitrogens with zero attached hydrogens (tertiary/aromatic N) is 4. The number of hydrogen-bond donors (Lipinski definition) is 0. The van der Waals surface area contributed by atoms with Crippen LogP contribution in [-0.4, -0.2) is 47.1 Å². The van der Waals surface area contributed by atoms with E-state index < -0.39 is 21.8 Å². The lowest BCUT2D eigenvalue weighted by atomic mass is 10.0. The first-order valence-electron chi connectivity index (χ1n) is 11.6. The van der Waals surface area contributed by atoms with Crippen molar-refractivity contribution in [1.29, 1.82) is 0 Å². The Morgan fingerprint density at radius 2 is 1.70 bits per heavy atom. The molecule has 0 bridgehead atoms. The van der Waals surface area contributed by atoms with Crippen LogP contribution >= 0.6 is 0 Å². The molecule has 4 heterocycles. The number of aromatic nitrogens is 3. The van der Waals surface area contributed by atoms with Gasteiger partial charge in [-0.05, 0) is 43.2 Å². The van der Waals surface area contributed by atoms with E-state index in [0.717, 1.165) is 6.07 Å². The van der Waals surface area contributed by atoms with Gasteiger partial charge in [-0.1, -0.05) is 18.2 Å². The van der Waals surface area contributed by atoms with Crippen LogP contribution in [-0.2, 0) is 16.2 Å². The van der Waals surface area contributed by atoms with E-state index in [1.54, 1.807) is 35.0 Å². The molecule has 2 aliphatic heterocycles. The molecule has 192 valence electrons. The van der Waals surface area contributed by atoms with Crippen molar-refractivity contribution < 1.29 is 31.1 Å². The topological polar surface area (TPSA) is 86.6 Å². The minimum atomic E-state index is -4.56. The number of hydrogen-bond acceptors (Lipinski definition) is 6. The summed E-state index contributed by atoms with van der Waals surface area (Å²) in [5.74, 6) is 1.03. The Morgan fingerprint density at radius 1 is 0.946 bits per heavy atom. The summed E-state index contributed by atoms with van der Waals surface area (Å²) in [6.45, 7) is 0.416. The third kappa shape index (κ3) is 4.09. The zero-order chi connectivity index (χ0) is 25.8. The van der Waals surface area contributed by atoms with Crippen molar-refractivity contribution in [2.24, 2.45) is 0 Å². The number of ether oxygens (including phenoxy) is 2. The van der Waals surface area contributed by atoms with Crippen LogP contribution in [0.1, 0.15) is 24.4 Å². The Hall–Kier alpha value is -3.64. The molecule has 0 amide bonds. The number of piperidine rings is 1. The van der Waals surface area contributed by atoms with E-state index in [4.69, 9.17) is 9.47 Å². The van der Waals surface area contributed by atoms with Crippen molar-refractivity contribution in [3.05, 3.63) is 66.4 Å². The van der Waals surface area contributed by atoms with Gasteiger partial charge in [0, 0.05) is 37.0 Å². The normalized spacial score (nSPS) is 16.9. The van der Waals surface area contributed by atoms with Crippen molar-refractivity contribution in [2.75, 3.05) is 19.9 Å². The van der Waals surface area contributed by atoms with Crippen LogP contribution in [0.2, 0.25) is 0 Å². The largest absolute Gasteiger partial charge is 0.454 e. The van der Waals surface area contributed by atoms with E-state index in [1.807, 2.05) is 0 Å². The van der Waals surface area contributed by atoms with Crippen molar-refractivity contribution in [1.82, 2.24) is 18.8 Å². The molecule has 37 heavy (non-hydrogen) atoms. The molecule has 0 aliphatic carbocycles. The van der Waals surface area contributed by atoms with E-state index in [9.17, 15) is 21.6 Å². The highest BCUT2D eigenvalue weighted by molar-refractivity contribution is 7.89. The first kappa shape index (κ1) is 23.7. The van der Waals surface area contributed by atoms with Crippen LogP contribution in [0.5, 0.6) is 11.5 Å². The van der Waals surface area contributed by atoms with Crippen molar-refractivity contribution in [3.63, 3.8) is 0 Å². The number of halogens is 3. The maximum atomic E-state index is 13.8. The lowest BCUT2D eigenvalue weighted by Gasteiger charge is -2.33. The van der Waals surface area contributed by atoms with Crippen LogP contribution in [0.4, 0.5) is 13.2 Å². The zero-order valence-electron chi connectivity index (χ0n) is 19.4. The molecule has 1 fully saturated rings. The molecule has 0 radical (unpaired) electrons. The molecule has 0 N–H and O–H groups in total. The Labute approximate surface area is 210 Å². The van der Waals surface area contributed by atoms with Crippen LogP contribution in [0.3, 0.4) is 0 Å². The molecule has 2 aromatic heterocycles. The Bertz CT molecular complexity index is 1600. The number of rotatable bonds is 4. The Kier molecular flexibility index (Phi) is 5.60. The first-order chi connectivity index (χ1) is 17.7. The summed E-state index contributed by atoms with van der Waals surface area (Å²) in [7, 11) is -3.80. The number of sulfonamides is 1. The molecule has 12 heteroatoms. The van der Waals surface area contributed by atoms with E-state index >= 15 is 0 Å².